The lowest BCUT2D eigenvalue weighted by atomic mass is 10.0. The lowest BCUT2D eigenvalue weighted by molar-refractivity contribution is 0.104. The second kappa shape index (κ2) is 11.0. The Morgan fingerprint density at radius 2 is 1.57 bits per heavy atom. The van der Waals surface area contributed by atoms with Crippen molar-refractivity contribution in [2.45, 2.75) is 26.2 Å². The molecule has 0 aliphatic heterocycles. The highest BCUT2D eigenvalue weighted by atomic mass is 16.5. The first-order valence-corrected chi connectivity index (χ1v) is 10.4. The van der Waals surface area contributed by atoms with E-state index < -0.39 is 0 Å². The van der Waals surface area contributed by atoms with Gasteiger partial charge in [-0.2, -0.15) is 0 Å². The summed E-state index contributed by atoms with van der Waals surface area (Å²) in [5.74, 6) is 0.859. The molecule has 0 saturated carbocycles. The van der Waals surface area contributed by atoms with Gasteiger partial charge < -0.3 is 4.74 Å². The number of allylic oxidation sites excluding steroid dienone is 2. The average Bonchev–Trinajstić information content (AvgIpc) is 2.79. The smallest absolute Gasteiger partial charge is 0.185 e. The summed E-state index contributed by atoms with van der Waals surface area (Å²) in [6, 6.07) is 25.7. The molecule has 152 valence electrons. The summed E-state index contributed by atoms with van der Waals surface area (Å²) in [7, 11) is 0. The standard InChI is InChI=1S/C28H28O2/c1-22(2)25-16-11-23(12-17-25)8-6-7-21-30-27-18-13-24(14-19-27)15-20-28(29)26-9-4-3-5-10-26/h3-5,9-20H,1,6-8,21H2,2H3. The van der Waals surface area contributed by atoms with E-state index in [0.717, 1.165) is 36.1 Å². The number of unbranched alkanes of at least 4 members (excludes halogenated alkanes) is 1. The second-order valence-corrected chi connectivity index (χ2v) is 7.42. The van der Waals surface area contributed by atoms with Gasteiger partial charge in [0.05, 0.1) is 6.61 Å². The van der Waals surface area contributed by atoms with Gasteiger partial charge in [0.25, 0.3) is 0 Å². The minimum Gasteiger partial charge on any atom is -0.494 e. The number of rotatable bonds is 10. The summed E-state index contributed by atoms with van der Waals surface area (Å²) in [5, 5.41) is 0. The molecule has 3 aromatic carbocycles. The molecule has 0 aliphatic rings. The zero-order valence-electron chi connectivity index (χ0n) is 17.5. The molecule has 2 heteroatoms. The van der Waals surface area contributed by atoms with Crippen molar-refractivity contribution in [1.29, 1.82) is 0 Å². The van der Waals surface area contributed by atoms with Gasteiger partial charge in [0, 0.05) is 5.56 Å². The molecule has 30 heavy (non-hydrogen) atoms. The SMILES string of the molecule is C=C(C)c1ccc(CCCCOc2ccc(C=CC(=O)c3ccccc3)cc2)cc1. The van der Waals surface area contributed by atoms with Gasteiger partial charge in [-0.05, 0) is 61.1 Å². The van der Waals surface area contributed by atoms with E-state index in [4.69, 9.17) is 4.74 Å². The van der Waals surface area contributed by atoms with Crippen LogP contribution in [0.2, 0.25) is 0 Å². The van der Waals surface area contributed by atoms with E-state index in [-0.39, 0.29) is 5.78 Å². The van der Waals surface area contributed by atoms with Crippen LogP contribution in [0.4, 0.5) is 0 Å². The molecule has 0 radical (unpaired) electrons. The van der Waals surface area contributed by atoms with Gasteiger partial charge in [0.1, 0.15) is 5.75 Å². The van der Waals surface area contributed by atoms with Gasteiger partial charge >= 0.3 is 0 Å². The molecule has 0 N–H and O–H groups in total. The summed E-state index contributed by atoms with van der Waals surface area (Å²) in [6.45, 7) is 6.70. The number of benzene rings is 3. The monoisotopic (exact) mass is 396 g/mol. The molecule has 0 fully saturated rings. The fourth-order valence-corrected chi connectivity index (χ4v) is 3.12. The molecule has 0 aromatic heterocycles. The number of hydrogen-bond donors (Lipinski definition) is 0. The van der Waals surface area contributed by atoms with Gasteiger partial charge in [-0.25, -0.2) is 0 Å². The van der Waals surface area contributed by atoms with Gasteiger partial charge in [-0.15, -0.1) is 0 Å². The van der Waals surface area contributed by atoms with Crippen LogP contribution < -0.4 is 4.74 Å². The minimum atomic E-state index is 0.00481. The van der Waals surface area contributed by atoms with Crippen molar-refractivity contribution in [3.8, 4) is 5.75 Å². The van der Waals surface area contributed by atoms with E-state index in [2.05, 4.69) is 30.8 Å². The van der Waals surface area contributed by atoms with Crippen molar-refractivity contribution < 1.29 is 9.53 Å². The van der Waals surface area contributed by atoms with E-state index in [0.29, 0.717) is 12.2 Å². The van der Waals surface area contributed by atoms with Gasteiger partial charge in [-0.1, -0.05) is 85.0 Å². The summed E-state index contributed by atoms with van der Waals surface area (Å²) < 4.78 is 5.84. The molecule has 0 amide bonds. The molecule has 0 heterocycles. The Hall–Kier alpha value is -3.39. The molecule has 2 nitrogen and oxygen atoms in total. The molecular weight excluding hydrogens is 368 g/mol. The van der Waals surface area contributed by atoms with E-state index in [1.165, 1.54) is 11.1 Å². The van der Waals surface area contributed by atoms with Crippen molar-refractivity contribution in [2.24, 2.45) is 0 Å². The second-order valence-electron chi connectivity index (χ2n) is 7.42. The maximum absolute atomic E-state index is 12.1. The fourth-order valence-electron chi connectivity index (χ4n) is 3.12. The highest BCUT2D eigenvalue weighted by Gasteiger charge is 2.00. The van der Waals surface area contributed by atoms with Crippen molar-refractivity contribution >= 4 is 17.4 Å². The molecule has 0 aliphatic carbocycles. The molecular formula is C28H28O2. The lowest BCUT2D eigenvalue weighted by Crippen LogP contribution is -1.98. The van der Waals surface area contributed by atoms with Crippen LogP contribution in [0.3, 0.4) is 0 Å². The minimum absolute atomic E-state index is 0.00481. The fraction of sp³-hybridized carbons (Fsp3) is 0.179. The number of aryl methyl sites for hydroxylation is 1. The normalized spacial score (nSPS) is 10.8. The predicted octanol–water partition coefficient (Wildman–Crippen LogP) is 7.02. The third-order valence-electron chi connectivity index (χ3n) is 4.94. The van der Waals surface area contributed by atoms with Crippen LogP contribution >= 0.6 is 0 Å². The maximum Gasteiger partial charge on any atom is 0.185 e. The van der Waals surface area contributed by atoms with Gasteiger partial charge in [0.2, 0.25) is 0 Å². The van der Waals surface area contributed by atoms with Crippen LogP contribution in [0, 0.1) is 0 Å². The summed E-state index contributed by atoms with van der Waals surface area (Å²) in [4.78, 5) is 12.1. The Bertz CT molecular complexity index is 981. The van der Waals surface area contributed by atoms with Crippen molar-refractivity contribution in [2.75, 3.05) is 6.61 Å². The Morgan fingerprint density at radius 1 is 0.867 bits per heavy atom. The molecule has 3 rings (SSSR count). The van der Waals surface area contributed by atoms with E-state index in [9.17, 15) is 4.79 Å². The predicted molar refractivity (Wildman–Crippen MR) is 126 cm³/mol. The number of carbonyl (C=O) groups is 1. The average molecular weight is 397 g/mol. The Morgan fingerprint density at radius 3 is 2.23 bits per heavy atom. The number of hydrogen-bond acceptors (Lipinski definition) is 2. The third-order valence-corrected chi connectivity index (χ3v) is 4.94. The molecule has 0 spiro atoms. The summed E-state index contributed by atoms with van der Waals surface area (Å²) in [6.07, 6.45) is 6.59. The number of ether oxygens (including phenoxy) is 1. The highest BCUT2D eigenvalue weighted by Crippen LogP contribution is 2.16. The maximum atomic E-state index is 12.1. The molecule has 0 unspecified atom stereocenters. The van der Waals surface area contributed by atoms with Crippen LogP contribution in [0.5, 0.6) is 5.75 Å². The van der Waals surface area contributed by atoms with Crippen LogP contribution in [-0.4, -0.2) is 12.4 Å². The molecule has 0 atom stereocenters. The summed E-state index contributed by atoms with van der Waals surface area (Å²) in [5.41, 5.74) is 5.32. The molecule has 3 aromatic rings. The summed E-state index contributed by atoms with van der Waals surface area (Å²) >= 11 is 0. The first-order chi connectivity index (χ1) is 14.6. The van der Waals surface area contributed by atoms with E-state index in [1.807, 2.05) is 67.6 Å². The Balaban J connectivity index is 1.39. The van der Waals surface area contributed by atoms with Crippen molar-refractivity contribution in [3.05, 3.63) is 114 Å². The zero-order valence-corrected chi connectivity index (χ0v) is 17.5. The van der Waals surface area contributed by atoms with Gasteiger partial charge in [-0.3, -0.25) is 4.79 Å². The Labute approximate surface area is 179 Å². The third kappa shape index (κ3) is 6.59. The highest BCUT2D eigenvalue weighted by molar-refractivity contribution is 6.06. The molecule has 0 bridgehead atoms. The van der Waals surface area contributed by atoms with Crippen molar-refractivity contribution in [1.82, 2.24) is 0 Å². The van der Waals surface area contributed by atoms with Gasteiger partial charge in [0.15, 0.2) is 5.78 Å². The number of ketones is 1. The largest absolute Gasteiger partial charge is 0.494 e. The first-order valence-electron chi connectivity index (χ1n) is 10.4. The van der Waals surface area contributed by atoms with E-state index >= 15 is 0 Å². The van der Waals surface area contributed by atoms with Crippen LogP contribution in [-0.2, 0) is 6.42 Å². The lowest BCUT2D eigenvalue weighted by Gasteiger charge is -2.07. The van der Waals surface area contributed by atoms with E-state index in [1.54, 1.807) is 6.08 Å². The quantitative estimate of drug-likeness (QED) is 0.209. The van der Waals surface area contributed by atoms with Crippen LogP contribution in [0.1, 0.15) is 46.8 Å². The topological polar surface area (TPSA) is 26.3 Å². The molecule has 0 saturated heterocycles. The van der Waals surface area contributed by atoms with Crippen LogP contribution in [0.15, 0.2) is 91.5 Å². The zero-order chi connectivity index (χ0) is 21.2. The Kier molecular flexibility index (Phi) is 7.79. The number of carbonyl (C=O) groups excluding carboxylic acids is 1. The first kappa shape index (κ1) is 21.3. The van der Waals surface area contributed by atoms with Crippen molar-refractivity contribution in [3.63, 3.8) is 0 Å². The van der Waals surface area contributed by atoms with Crippen LogP contribution in [0.25, 0.3) is 11.6 Å².